The molecule has 0 spiro atoms. The van der Waals surface area contributed by atoms with Crippen molar-refractivity contribution in [2.24, 2.45) is 0 Å². The lowest BCUT2D eigenvalue weighted by Gasteiger charge is -2.08. The second kappa shape index (κ2) is 5.70. The molecular formula is C13H11NO5S. The predicted molar refractivity (Wildman–Crippen MR) is 74.1 cm³/mol. The van der Waals surface area contributed by atoms with E-state index in [1.165, 1.54) is 20.1 Å². The minimum atomic E-state index is -0.446. The largest absolute Gasteiger partial charge is 0.493 e. The molecular weight excluding hydrogens is 282 g/mol. The number of methoxy groups -OCH3 is 1. The van der Waals surface area contributed by atoms with Crippen LogP contribution in [0.3, 0.4) is 0 Å². The molecule has 1 saturated heterocycles. The van der Waals surface area contributed by atoms with Crippen molar-refractivity contribution in [2.45, 2.75) is 6.92 Å². The van der Waals surface area contributed by atoms with Crippen molar-refractivity contribution in [1.82, 2.24) is 5.32 Å². The third-order valence-electron chi connectivity index (χ3n) is 2.38. The van der Waals surface area contributed by atoms with Crippen LogP contribution < -0.4 is 14.8 Å². The molecule has 7 heteroatoms. The molecule has 0 saturated carbocycles. The topological polar surface area (TPSA) is 73.9 Å². The second-order valence-corrected chi connectivity index (χ2v) is 4.23. The van der Waals surface area contributed by atoms with Crippen LogP contribution in [-0.4, -0.2) is 24.2 Å². The third kappa shape index (κ3) is 3.12. The van der Waals surface area contributed by atoms with E-state index in [-0.39, 0.29) is 10.9 Å². The van der Waals surface area contributed by atoms with E-state index in [0.29, 0.717) is 17.1 Å². The van der Waals surface area contributed by atoms with Gasteiger partial charge in [-0.2, -0.15) is 0 Å². The highest BCUT2D eigenvalue weighted by atomic mass is 32.1. The van der Waals surface area contributed by atoms with Gasteiger partial charge in [-0.15, -0.1) is 0 Å². The number of thiocarbonyl (C=S) groups is 1. The van der Waals surface area contributed by atoms with E-state index in [0.717, 1.165) is 0 Å². The quantitative estimate of drug-likeness (QED) is 0.393. The lowest BCUT2D eigenvalue weighted by atomic mass is 10.1. The number of amides is 1. The van der Waals surface area contributed by atoms with Crippen molar-refractivity contribution in [1.29, 1.82) is 0 Å². The Morgan fingerprint density at radius 1 is 1.40 bits per heavy atom. The lowest BCUT2D eigenvalue weighted by Crippen LogP contribution is -2.18. The molecule has 0 atom stereocenters. The molecule has 0 aromatic heterocycles. The summed E-state index contributed by atoms with van der Waals surface area (Å²) in [5.74, 6) is -0.0847. The number of hydrogen-bond donors (Lipinski definition) is 1. The molecule has 0 unspecified atom stereocenters. The molecule has 0 radical (unpaired) electrons. The van der Waals surface area contributed by atoms with E-state index in [1.54, 1.807) is 18.2 Å². The minimum absolute atomic E-state index is 0.0183. The van der Waals surface area contributed by atoms with Crippen molar-refractivity contribution in [3.8, 4) is 11.5 Å². The van der Waals surface area contributed by atoms with E-state index in [9.17, 15) is 9.59 Å². The monoisotopic (exact) mass is 293 g/mol. The maximum Gasteiger partial charge on any atom is 0.308 e. The van der Waals surface area contributed by atoms with Crippen LogP contribution >= 0.6 is 12.2 Å². The van der Waals surface area contributed by atoms with Crippen LogP contribution in [0.1, 0.15) is 12.5 Å². The smallest absolute Gasteiger partial charge is 0.308 e. The van der Waals surface area contributed by atoms with E-state index < -0.39 is 11.9 Å². The number of rotatable bonds is 3. The van der Waals surface area contributed by atoms with Crippen molar-refractivity contribution >= 4 is 35.3 Å². The Morgan fingerprint density at radius 3 is 2.70 bits per heavy atom. The normalized spacial score (nSPS) is 15.8. The lowest BCUT2D eigenvalue weighted by molar-refractivity contribution is -0.132. The van der Waals surface area contributed by atoms with Gasteiger partial charge in [-0.1, -0.05) is 6.07 Å². The standard InChI is InChI=1S/C13H11NO5S/c1-7(15)18-9-4-3-8(5-10(9)17-2)6-11-12(16)14-13(20)19-11/h3-6H,1-2H3,(H,14,16,20). The molecule has 20 heavy (non-hydrogen) atoms. The number of benzene rings is 1. The molecule has 1 fully saturated rings. The molecule has 2 rings (SSSR count). The maximum absolute atomic E-state index is 11.5. The summed E-state index contributed by atoms with van der Waals surface area (Å²) < 4.78 is 15.2. The number of ether oxygens (including phenoxy) is 3. The average Bonchev–Trinajstić information content (AvgIpc) is 2.69. The zero-order chi connectivity index (χ0) is 14.7. The van der Waals surface area contributed by atoms with Crippen LogP contribution in [0.15, 0.2) is 24.0 Å². The highest BCUT2D eigenvalue weighted by molar-refractivity contribution is 7.80. The molecule has 1 N–H and O–H groups in total. The van der Waals surface area contributed by atoms with Gasteiger partial charge in [0.25, 0.3) is 11.1 Å². The van der Waals surface area contributed by atoms with Gasteiger partial charge < -0.3 is 14.2 Å². The van der Waals surface area contributed by atoms with Crippen LogP contribution in [0.5, 0.6) is 11.5 Å². The number of hydrogen-bond acceptors (Lipinski definition) is 6. The molecule has 0 bridgehead atoms. The van der Waals surface area contributed by atoms with Crippen LogP contribution in [0.2, 0.25) is 0 Å². The highest BCUT2D eigenvalue weighted by Crippen LogP contribution is 2.29. The first-order chi connectivity index (χ1) is 9.49. The maximum atomic E-state index is 11.5. The van der Waals surface area contributed by atoms with E-state index >= 15 is 0 Å². The molecule has 6 nitrogen and oxygen atoms in total. The first-order valence-corrected chi connectivity index (χ1v) is 6.01. The Labute approximate surface area is 120 Å². The van der Waals surface area contributed by atoms with Gasteiger partial charge in [-0.25, -0.2) is 0 Å². The first-order valence-electron chi connectivity index (χ1n) is 5.61. The fourth-order valence-corrected chi connectivity index (χ4v) is 1.77. The molecule has 1 aliphatic heterocycles. The van der Waals surface area contributed by atoms with Gasteiger partial charge >= 0.3 is 5.97 Å². The summed E-state index contributed by atoms with van der Waals surface area (Å²) in [6.07, 6.45) is 1.51. The van der Waals surface area contributed by atoms with Gasteiger partial charge in [-0.05, 0) is 36.0 Å². The van der Waals surface area contributed by atoms with Crippen molar-refractivity contribution in [2.75, 3.05) is 7.11 Å². The van der Waals surface area contributed by atoms with Crippen LogP contribution in [0.25, 0.3) is 6.08 Å². The Kier molecular flexibility index (Phi) is 3.99. The van der Waals surface area contributed by atoms with Crippen LogP contribution in [0.4, 0.5) is 0 Å². The number of esters is 1. The Bertz CT molecular complexity index is 623. The minimum Gasteiger partial charge on any atom is -0.493 e. The molecule has 0 aliphatic carbocycles. The molecule has 1 aromatic carbocycles. The summed E-state index contributed by atoms with van der Waals surface area (Å²) in [6.45, 7) is 1.30. The zero-order valence-electron chi connectivity index (χ0n) is 10.8. The summed E-state index contributed by atoms with van der Waals surface area (Å²) in [4.78, 5) is 22.4. The Hall–Kier alpha value is -2.41. The fraction of sp³-hybridized carbons (Fsp3) is 0.154. The van der Waals surface area contributed by atoms with Crippen LogP contribution in [-0.2, 0) is 14.3 Å². The fourth-order valence-electron chi connectivity index (χ4n) is 1.59. The first kappa shape index (κ1) is 14.0. The Morgan fingerprint density at radius 2 is 2.15 bits per heavy atom. The van der Waals surface area contributed by atoms with Crippen molar-refractivity contribution in [3.63, 3.8) is 0 Å². The molecule has 1 aromatic rings. The average molecular weight is 293 g/mol. The summed E-state index contributed by atoms with van der Waals surface area (Å²) in [6, 6.07) is 4.84. The second-order valence-electron chi connectivity index (χ2n) is 3.86. The van der Waals surface area contributed by atoms with E-state index in [4.69, 9.17) is 26.4 Å². The number of carbonyl (C=O) groups excluding carboxylic acids is 2. The summed E-state index contributed by atoms with van der Waals surface area (Å²) in [5, 5.41) is 2.37. The zero-order valence-corrected chi connectivity index (χ0v) is 11.6. The molecule has 1 amide bonds. The summed E-state index contributed by atoms with van der Waals surface area (Å²) >= 11 is 4.73. The van der Waals surface area contributed by atoms with E-state index in [1.807, 2.05) is 0 Å². The highest BCUT2D eigenvalue weighted by Gasteiger charge is 2.23. The van der Waals surface area contributed by atoms with E-state index in [2.05, 4.69) is 5.32 Å². The Balaban J connectivity index is 2.30. The third-order valence-corrected chi connectivity index (χ3v) is 2.57. The van der Waals surface area contributed by atoms with Gasteiger partial charge in [0, 0.05) is 6.92 Å². The van der Waals surface area contributed by atoms with Crippen molar-refractivity contribution < 1.29 is 23.8 Å². The number of nitrogens with one attached hydrogen (secondary N) is 1. The van der Waals surface area contributed by atoms with Gasteiger partial charge in [0.1, 0.15) is 0 Å². The van der Waals surface area contributed by atoms with Gasteiger partial charge in [0.15, 0.2) is 17.3 Å². The predicted octanol–water partition coefficient (Wildman–Crippen LogP) is 1.39. The number of carbonyl (C=O) groups is 2. The van der Waals surface area contributed by atoms with Gasteiger partial charge in [0.2, 0.25) is 0 Å². The van der Waals surface area contributed by atoms with Gasteiger partial charge in [0.05, 0.1) is 7.11 Å². The summed E-state index contributed by atoms with van der Waals surface area (Å²) in [7, 11) is 1.45. The van der Waals surface area contributed by atoms with Crippen molar-refractivity contribution in [3.05, 3.63) is 29.5 Å². The molecule has 1 heterocycles. The SMILES string of the molecule is COc1cc(C=C2OC(=S)NC2=O)ccc1OC(C)=O. The molecule has 104 valence electrons. The van der Waals surface area contributed by atoms with Crippen LogP contribution in [0, 0.1) is 0 Å². The molecule has 1 aliphatic rings. The van der Waals surface area contributed by atoms with Gasteiger partial charge in [-0.3, -0.25) is 14.9 Å². The summed E-state index contributed by atoms with van der Waals surface area (Å²) in [5.41, 5.74) is 0.646.